The van der Waals surface area contributed by atoms with Crippen molar-refractivity contribution in [2.45, 2.75) is 45.4 Å². The summed E-state index contributed by atoms with van der Waals surface area (Å²) in [6, 6.07) is 14.6. The van der Waals surface area contributed by atoms with E-state index in [-0.39, 0.29) is 0 Å². The first kappa shape index (κ1) is 16.0. The molecule has 0 saturated heterocycles. The molecule has 0 aromatic heterocycles. The summed E-state index contributed by atoms with van der Waals surface area (Å²) in [4.78, 5) is 0. The molecule has 1 fully saturated rings. The summed E-state index contributed by atoms with van der Waals surface area (Å²) >= 11 is 0. The molecule has 1 saturated carbocycles. The average Bonchev–Trinajstić information content (AvgIpc) is 2.57. The zero-order valence-corrected chi connectivity index (χ0v) is 15.0. The highest BCUT2D eigenvalue weighted by molar-refractivity contribution is 5.98. The number of anilines is 1. The molecule has 3 aromatic carbocycles. The number of fused-ring (bicyclic) bond motifs is 1. The monoisotopic (exact) mass is 331 g/mol. The lowest BCUT2D eigenvalue weighted by Crippen LogP contribution is -2.10. The Hall–Kier alpha value is -2.48. The minimum atomic E-state index is 0.339. The van der Waals surface area contributed by atoms with E-state index < -0.39 is 0 Å². The molecule has 2 nitrogen and oxygen atoms in total. The van der Waals surface area contributed by atoms with Crippen LogP contribution in [-0.4, -0.2) is 5.11 Å². The van der Waals surface area contributed by atoms with Crippen LogP contribution in [0.2, 0.25) is 0 Å². The van der Waals surface area contributed by atoms with Crippen molar-refractivity contribution in [3.05, 3.63) is 59.2 Å². The molecule has 4 rings (SSSR count). The van der Waals surface area contributed by atoms with E-state index in [2.05, 4.69) is 44.2 Å². The number of nitrogen functional groups attached to an aromatic ring is 1. The van der Waals surface area contributed by atoms with Gasteiger partial charge in [-0.2, -0.15) is 0 Å². The summed E-state index contributed by atoms with van der Waals surface area (Å²) in [5.74, 6) is 0.962. The van der Waals surface area contributed by atoms with E-state index in [9.17, 15) is 5.11 Å². The summed E-state index contributed by atoms with van der Waals surface area (Å²) in [6.07, 6.45) is 4.72. The van der Waals surface area contributed by atoms with Crippen molar-refractivity contribution in [1.29, 1.82) is 0 Å². The first-order chi connectivity index (χ1) is 12.1. The number of aryl methyl sites for hydroxylation is 2. The number of phenolic OH excluding ortho intramolecular Hbond substituents is 1. The molecule has 0 heterocycles. The topological polar surface area (TPSA) is 46.2 Å². The van der Waals surface area contributed by atoms with Gasteiger partial charge in [0.25, 0.3) is 0 Å². The van der Waals surface area contributed by atoms with Crippen molar-refractivity contribution in [3.63, 3.8) is 0 Å². The van der Waals surface area contributed by atoms with Gasteiger partial charge < -0.3 is 10.8 Å². The van der Waals surface area contributed by atoms with E-state index in [0.29, 0.717) is 11.7 Å². The van der Waals surface area contributed by atoms with Gasteiger partial charge in [0.2, 0.25) is 0 Å². The zero-order chi connectivity index (χ0) is 17.6. The van der Waals surface area contributed by atoms with Crippen molar-refractivity contribution < 1.29 is 5.11 Å². The Morgan fingerprint density at radius 2 is 1.84 bits per heavy atom. The molecule has 0 bridgehead atoms. The van der Waals surface area contributed by atoms with Crippen LogP contribution < -0.4 is 5.73 Å². The van der Waals surface area contributed by atoms with Crippen molar-refractivity contribution in [2.75, 3.05) is 5.73 Å². The SMILES string of the molecule is CCc1cc(O)ccc1-c1cc2ccc(C)c(N)c2cc1C1CCC1. The molecule has 0 aliphatic heterocycles. The second-order valence-electron chi connectivity index (χ2n) is 7.28. The summed E-state index contributed by atoms with van der Waals surface area (Å²) in [6.45, 7) is 4.21. The van der Waals surface area contributed by atoms with Gasteiger partial charge in [0.05, 0.1) is 0 Å². The molecule has 128 valence electrons. The first-order valence-corrected chi connectivity index (χ1v) is 9.23. The fourth-order valence-corrected chi connectivity index (χ4v) is 3.95. The summed E-state index contributed by atoms with van der Waals surface area (Å²) in [7, 11) is 0. The van der Waals surface area contributed by atoms with Crippen LogP contribution in [0.25, 0.3) is 21.9 Å². The molecule has 0 radical (unpaired) electrons. The van der Waals surface area contributed by atoms with Crippen LogP contribution in [0, 0.1) is 6.92 Å². The number of aromatic hydroxyl groups is 1. The minimum absolute atomic E-state index is 0.339. The van der Waals surface area contributed by atoms with Gasteiger partial charge >= 0.3 is 0 Å². The van der Waals surface area contributed by atoms with Gasteiger partial charge in [-0.25, -0.2) is 0 Å². The van der Waals surface area contributed by atoms with Gasteiger partial charge in [-0.05, 0) is 89.6 Å². The molecule has 1 aliphatic carbocycles. The Balaban J connectivity index is 2.00. The Kier molecular flexibility index (Phi) is 3.91. The van der Waals surface area contributed by atoms with Crippen molar-refractivity contribution in [1.82, 2.24) is 0 Å². The van der Waals surface area contributed by atoms with Crippen LogP contribution in [0.15, 0.2) is 42.5 Å². The predicted octanol–water partition coefficient (Wildman–Crippen LogP) is 5.93. The lowest BCUT2D eigenvalue weighted by Gasteiger charge is -2.29. The van der Waals surface area contributed by atoms with Crippen molar-refractivity contribution >= 4 is 16.5 Å². The third-order valence-corrected chi connectivity index (χ3v) is 5.75. The molecular formula is C23H25NO. The Morgan fingerprint density at radius 3 is 2.52 bits per heavy atom. The van der Waals surface area contributed by atoms with E-state index >= 15 is 0 Å². The third-order valence-electron chi connectivity index (χ3n) is 5.75. The standard InChI is InChI=1S/C23H25NO/c1-3-15-11-18(25)9-10-19(15)22-12-17-8-7-14(2)23(24)21(17)13-20(22)16-5-4-6-16/h7-13,16,25H,3-6,24H2,1-2H3. The van der Waals surface area contributed by atoms with Crippen LogP contribution in [0.4, 0.5) is 5.69 Å². The lowest BCUT2D eigenvalue weighted by atomic mass is 9.75. The number of benzene rings is 3. The van der Waals surface area contributed by atoms with E-state index in [4.69, 9.17) is 5.73 Å². The molecular weight excluding hydrogens is 306 g/mol. The predicted molar refractivity (Wildman–Crippen MR) is 106 cm³/mol. The highest BCUT2D eigenvalue weighted by Gasteiger charge is 2.24. The zero-order valence-electron chi connectivity index (χ0n) is 15.0. The van der Waals surface area contributed by atoms with E-state index in [0.717, 1.165) is 17.7 Å². The van der Waals surface area contributed by atoms with Crippen LogP contribution in [0.3, 0.4) is 0 Å². The Bertz CT molecular complexity index is 954. The minimum Gasteiger partial charge on any atom is -0.508 e. The smallest absolute Gasteiger partial charge is 0.115 e. The van der Waals surface area contributed by atoms with Crippen LogP contribution >= 0.6 is 0 Å². The van der Waals surface area contributed by atoms with E-state index in [1.807, 2.05) is 6.07 Å². The largest absolute Gasteiger partial charge is 0.508 e. The maximum absolute atomic E-state index is 9.87. The number of hydrogen-bond acceptors (Lipinski definition) is 2. The van der Waals surface area contributed by atoms with Gasteiger partial charge in [0, 0.05) is 11.1 Å². The molecule has 3 aromatic rings. The number of rotatable bonds is 3. The second-order valence-corrected chi connectivity index (χ2v) is 7.28. The van der Waals surface area contributed by atoms with Gasteiger partial charge in [0.1, 0.15) is 5.75 Å². The maximum Gasteiger partial charge on any atom is 0.115 e. The van der Waals surface area contributed by atoms with Crippen molar-refractivity contribution in [3.8, 4) is 16.9 Å². The maximum atomic E-state index is 9.87. The Labute approximate surface area is 149 Å². The van der Waals surface area contributed by atoms with Gasteiger partial charge in [-0.15, -0.1) is 0 Å². The van der Waals surface area contributed by atoms with Crippen molar-refractivity contribution in [2.24, 2.45) is 0 Å². The Morgan fingerprint density at radius 1 is 1.04 bits per heavy atom. The van der Waals surface area contributed by atoms with E-state index in [1.165, 1.54) is 52.3 Å². The highest BCUT2D eigenvalue weighted by Crippen LogP contribution is 2.44. The third kappa shape index (κ3) is 2.66. The molecule has 0 unspecified atom stereocenters. The van der Waals surface area contributed by atoms with Gasteiger partial charge in [-0.3, -0.25) is 0 Å². The lowest BCUT2D eigenvalue weighted by molar-refractivity contribution is 0.421. The van der Waals surface area contributed by atoms with Gasteiger partial charge in [-0.1, -0.05) is 31.5 Å². The number of phenols is 1. The summed E-state index contributed by atoms with van der Waals surface area (Å²) in [5, 5.41) is 12.2. The summed E-state index contributed by atoms with van der Waals surface area (Å²) < 4.78 is 0. The molecule has 25 heavy (non-hydrogen) atoms. The summed E-state index contributed by atoms with van der Waals surface area (Å²) in [5.41, 5.74) is 13.6. The van der Waals surface area contributed by atoms with Crippen LogP contribution in [0.1, 0.15) is 48.8 Å². The van der Waals surface area contributed by atoms with Crippen LogP contribution in [-0.2, 0) is 6.42 Å². The molecule has 0 spiro atoms. The van der Waals surface area contributed by atoms with Crippen LogP contribution in [0.5, 0.6) is 5.75 Å². The molecule has 2 heteroatoms. The normalized spacial score (nSPS) is 14.6. The fraction of sp³-hybridized carbons (Fsp3) is 0.304. The fourth-order valence-electron chi connectivity index (χ4n) is 3.95. The quantitative estimate of drug-likeness (QED) is 0.584. The van der Waals surface area contributed by atoms with E-state index in [1.54, 1.807) is 6.07 Å². The molecule has 1 aliphatic rings. The second kappa shape index (κ2) is 6.11. The first-order valence-electron chi connectivity index (χ1n) is 9.23. The molecule has 3 N–H and O–H groups in total. The van der Waals surface area contributed by atoms with Gasteiger partial charge in [0.15, 0.2) is 0 Å². The highest BCUT2D eigenvalue weighted by atomic mass is 16.3. The average molecular weight is 331 g/mol. The molecule has 0 amide bonds. The number of hydrogen-bond donors (Lipinski definition) is 2. The molecule has 0 atom stereocenters. The number of nitrogens with two attached hydrogens (primary N) is 1.